The Labute approximate surface area is 253 Å². The number of carbonyl (C=O) groups excluding carboxylic acids is 1. The van der Waals surface area contributed by atoms with Crippen LogP contribution in [-0.2, 0) is 28.5 Å². The van der Waals surface area contributed by atoms with Gasteiger partial charge in [-0.15, -0.1) is 0 Å². The van der Waals surface area contributed by atoms with Gasteiger partial charge >= 0.3 is 5.97 Å². The lowest BCUT2D eigenvalue weighted by Crippen LogP contribution is -2.33. The monoisotopic (exact) mass is 588 g/mol. The standard InChI is InChI=1S/C35H56O7/c1-25(37)38-18-8-5-13-27(24-36)28-21-29-23-33(42-35-15-7-10-20-40-35)30(31(29)22-28)16-17-32(26-11-3-2-4-12-26)41-34-14-6-9-19-39-34/h16-17,22,26-27,29-36H,2-15,18-21,23-24H2,1H3. The first-order valence-corrected chi connectivity index (χ1v) is 17.3. The summed E-state index contributed by atoms with van der Waals surface area (Å²) >= 11 is 0. The molecule has 42 heavy (non-hydrogen) atoms. The lowest BCUT2D eigenvalue weighted by atomic mass is 9.84. The fourth-order valence-corrected chi connectivity index (χ4v) is 8.08. The molecule has 2 heterocycles. The Bertz CT molecular complexity index is 869. The first-order chi connectivity index (χ1) is 20.6. The summed E-state index contributed by atoms with van der Waals surface area (Å²) in [7, 11) is 0. The molecule has 0 radical (unpaired) electrons. The lowest BCUT2D eigenvalue weighted by molar-refractivity contribution is -0.193. The van der Waals surface area contributed by atoms with Crippen molar-refractivity contribution in [3.05, 3.63) is 23.8 Å². The highest BCUT2D eigenvalue weighted by atomic mass is 16.7. The Kier molecular flexibility index (Phi) is 12.8. The van der Waals surface area contributed by atoms with E-state index in [-0.39, 0.29) is 49.2 Å². The molecular formula is C35H56O7. The minimum atomic E-state index is -0.225. The van der Waals surface area contributed by atoms with E-state index in [1.807, 2.05) is 0 Å². The van der Waals surface area contributed by atoms with Crippen molar-refractivity contribution in [3.8, 4) is 0 Å². The van der Waals surface area contributed by atoms with Crippen molar-refractivity contribution in [2.75, 3.05) is 26.4 Å². The second-order valence-electron chi connectivity index (χ2n) is 13.5. The van der Waals surface area contributed by atoms with Crippen LogP contribution in [0.4, 0.5) is 0 Å². The van der Waals surface area contributed by atoms with Crippen LogP contribution in [-0.4, -0.2) is 62.3 Å². The van der Waals surface area contributed by atoms with Gasteiger partial charge in [-0.25, -0.2) is 0 Å². The summed E-state index contributed by atoms with van der Waals surface area (Å²) in [6.45, 7) is 3.69. The maximum Gasteiger partial charge on any atom is 0.302 e. The molecule has 0 aromatic carbocycles. The zero-order valence-electron chi connectivity index (χ0n) is 26.0. The summed E-state index contributed by atoms with van der Waals surface area (Å²) in [5.74, 6) is 1.74. The van der Waals surface area contributed by atoms with Gasteiger partial charge in [-0.1, -0.05) is 43.1 Å². The molecule has 7 heteroatoms. The topological polar surface area (TPSA) is 83.5 Å². The summed E-state index contributed by atoms with van der Waals surface area (Å²) in [4.78, 5) is 11.1. The van der Waals surface area contributed by atoms with Gasteiger partial charge in [0.25, 0.3) is 0 Å². The van der Waals surface area contributed by atoms with Gasteiger partial charge in [-0.2, -0.15) is 0 Å². The molecule has 0 aromatic rings. The van der Waals surface area contributed by atoms with Gasteiger partial charge in [-0.3, -0.25) is 4.79 Å². The molecule has 8 unspecified atom stereocenters. The largest absolute Gasteiger partial charge is 0.466 e. The number of hydrogen-bond acceptors (Lipinski definition) is 7. The summed E-state index contributed by atoms with van der Waals surface area (Å²) in [6, 6.07) is 0. The highest BCUT2D eigenvalue weighted by Gasteiger charge is 2.46. The molecule has 8 atom stereocenters. The van der Waals surface area contributed by atoms with Gasteiger partial charge in [0.05, 0.1) is 18.8 Å². The van der Waals surface area contributed by atoms with Crippen molar-refractivity contribution < 1.29 is 33.6 Å². The third kappa shape index (κ3) is 9.13. The Morgan fingerprint density at radius 2 is 1.74 bits per heavy atom. The number of allylic oxidation sites excluding steroid dienone is 1. The molecule has 4 fully saturated rings. The molecule has 0 bridgehead atoms. The molecule has 2 saturated carbocycles. The number of aliphatic hydroxyl groups is 1. The normalized spacial score (nSPS) is 33.8. The zero-order chi connectivity index (χ0) is 29.1. The molecule has 3 aliphatic carbocycles. The molecule has 2 saturated heterocycles. The first-order valence-electron chi connectivity index (χ1n) is 17.3. The van der Waals surface area contributed by atoms with E-state index in [1.54, 1.807) is 0 Å². The smallest absolute Gasteiger partial charge is 0.302 e. The van der Waals surface area contributed by atoms with E-state index in [4.69, 9.17) is 23.7 Å². The number of rotatable bonds is 14. The van der Waals surface area contributed by atoms with Gasteiger partial charge in [-0.05, 0) is 101 Å². The molecule has 0 amide bonds. The second-order valence-corrected chi connectivity index (χ2v) is 13.5. The molecule has 0 aromatic heterocycles. The van der Waals surface area contributed by atoms with Gasteiger partial charge in [0.1, 0.15) is 0 Å². The van der Waals surface area contributed by atoms with Crippen LogP contribution in [0.3, 0.4) is 0 Å². The second kappa shape index (κ2) is 16.7. The fourth-order valence-electron chi connectivity index (χ4n) is 8.08. The van der Waals surface area contributed by atoms with E-state index in [0.29, 0.717) is 24.4 Å². The van der Waals surface area contributed by atoms with Crippen molar-refractivity contribution in [1.29, 1.82) is 0 Å². The Morgan fingerprint density at radius 1 is 1.00 bits per heavy atom. The zero-order valence-corrected chi connectivity index (χ0v) is 26.0. The number of carbonyl (C=O) groups is 1. The van der Waals surface area contributed by atoms with Crippen LogP contribution in [0.25, 0.3) is 0 Å². The number of hydrogen-bond donors (Lipinski definition) is 1. The number of unbranched alkanes of at least 4 members (excludes halogenated alkanes) is 1. The van der Waals surface area contributed by atoms with Crippen molar-refractivity contribution in [1.82, 2.24) is 0 Å². The van der Waals surface area contributed by atoms with Crippen molar-refractivity contribution in [3.63, 3.8) is 0 Å². The van der Waals surface area contributed by atoms with Gasteiger partial charge in [0.15, 0.2) is 12.6 Å². The summed E-state index contributed by atoms with van der Waals surface area (Å²) in [5, 5.41) is 10.3. The molecule has 7 nitrogen and oxygen atoms in total. The predicted octanol–water partition coefficient (Wildman–Crippen LogP) is 6.87. The van der Waals surface area contributed by atoms with Crippen LogP contribution in [0.1, 0.15) is 110 Å². The minimum Gasteiger partial charge on any atom is -0.466 e. The molecule has 5 aliphatic rings. The molecule has 2 aliphatic heterocycles. The van der Waals surface area contributed by atoms with E-state index < -0.39 is 0 Å². The number of esters is 1. The minimum absolute atomic E-state index is 0.0847. The molecular weight excluding hydrogens is 532 g/mol. The maximum absolute atomic E-state index is 11.1. The summed E-state index contributed by atoms with van der Waals surface area (Å²) < 4.78 is 30.5. The van der Waals surface area contributed by atoms with Crippen LogP contribution in [0.5, 0.6) is 0 Å². The third-order valence-corrected chi connectivity index (χ3v) is 10.4. The first kappa shape index (κ1) is 32.2. The summed E-state index contributed by atoms with van der Waals surface area (Å²) in [6.07, 6.45) is 25.1. The Morgan fingerprint density at radius 3 is 2.43 bits per heavy atom. The van der Waals surface area contributed by atoms with E-state index in [2.05, 4.69) is 18.2 Å². The lowest BCUT2D eigenvalue weighted by Gasteiger charge is -2.33. The van der Waals surface area contributed by atoms with Crippen molar-refractivity contribution >= 4 is 5.97 Å². The van der Waals surface area contributed by atoms with Crippen LogP contribution >= 0.6 is 0 Å². The molecule has 5 rings (SSSR count). The quantitative estimate of drug-likeness (QED) is 0.135. The Hall–Kier alpha value is -1.25. The molecule has 0 spiro atoms. The number of aliphatic hydroxyl groups excluding tert-OH is 1. The van der Waals surface area contributed by atoms with E-state index in [1.165, 1.54) is 57.4 Å². The highest BCUT2D eigenvalue weighted by Crippen LogP contribution is 2.51. The average Bonchev–Trinajstić information content (AvgIpc) is 3.56. The number of fused-ring (bicyclic) bond motifs is 1. The maximum atomic E-state index is 11.1. The predicted molar refractivity (Wildman–Crippen MR) is 161 cm³/mol. The van der Waals surface area contributed by atoms with Crippen LogP contribution in [0.2, 0.25) is 0 Å². The fraction of sp³-hybridized carbons (Fsp3) is 0.857. The van der Waals surface area contributed by atoms with Crippen molar-refractivity contribution in [2.24, 2.45) is 29.6 Å². The van der Waals surface area contributed by atoms with E-state index in [9.17, 15) is 9.90 Å². The van der Waals surface area contributed by atoms with E-state index in [0.717, 1.165) is 71.0 Å². The Balaban J connectivity index is 1.28. The van der Waals surface area contributed by atoms with Gasteiger partial charge in [0.2, 0.25) is 0 Å². The molecule has 1 N–H and O–H groups in total. The number of ether oxygens (including phenoxy) is 5. The van der Waals surface area contributed by atoms with Gasteiger partial charge < -0.3 is 28.8 Å². The van der Waals surface area contributed by atoms with Gasteiger partial charge in [0, 0.05) is 38.6 Å². The van der Waals surface area contributed by atoms with Crippen LogP contribution in [0, 0.1) is 29.6 Å². The SMILES string of the molecule is CC(=O)OCCCCC(CO)C1=CC2C(C1)CC(OC1CCCCO1)C2C=CC(OC1CCCCO1)C1CCCCC1. The highest BCUT2D eigenvalue weighted by molar-refractivity contribution is 5.65. The molecule has 238 valence electrons. The van der Waals surface area contributed by atoms with E-state index >= 15 is 0 Å². The van der Waals surface area contributed by atoms with Crippen LogP contribution < -0.4 is 0 Å². The van der Waals surface area contributed by atoms with Crippen molar-refractivity contribution in [2.45, 2.75) is 134 Å². The average molecular weight is 589 g/mol. The summed E-state index contributed by atoms with van der Waals surface area (Å²) in [5.41, 5.74) is 1.40. The van der Waals surface area contributed by atoms with Crippen LogP contribution in [0.15, 0.2) is 23.8 Å². The third-order valence-electron chi connectivity index (χ3n) is 10.4.